The summed E-state index contributed by atoms with van der Waals surface area (Å²) in [5.41, 5.74) is 4.78. The average molecular weight is 1260 g/mol. The predicted octanol–water partition coefficient (Wildman–Crippen LogP) is 13.7. The molecule has 8 heterocycles. The maximum Gasteiger partial charge on any atom is 0.337 e. The van der Waals surface area contributed by atoms with Gasteiger partial charge in [0, 0.05) is 94.4 Å². The summed E-state index contributed by atoms with van der Waals surface area (Å²) in [6.07, 6.45) is 3.92. The third-order valence-electron chi connectivity index (χ3n) is 18.2. The molecule has 3 N–H and O–H groups in total. The van der Waals surface area contributed by atoms with E-state index in [9.17, 15) is 24.0 Å². The molecular formula is C66H62Cl4F2N8O7. The number of carbonyl (C=O) groups excluding carboxylic acids is 5. The highest BCUT2D eigenvalue weighted by Crippen LogP contribution is 2.65. The number of esters is 2. The number of hydrogen-bond donors (Lipinski definition) is 3. The molecule has 0 bridgehead atoms. The van der Waals surface area contributed by atoms with Gasteiger partial charge in [0.05, 0.1) is 57.5 Å². The van der Waals surface area contributed by atoms with Crippen molar-refractivity contribution in [2.75, 3.05) is 31.4 Å². The Morgan fingerprint density at radius 1 is 0.667 bits per heavy atom. The summed E-state index contributed by atoms with van der Waals surface area (Å²) < 4.78 is 46.1. The number of nitrogens with one attached hydrogen (secondary N) is 3. The Balaban J connectivity index is 0.000000156. The quantitative estimate of drug-likeness (QED) is 0.0925. The van der Waals surface area contributed by atoms with Crippen LogP contribution in [0.15, 0.2) is 109 Å². The summed E-state index contributed by atoms with van der Waals surface area (Å²) in [6.45, 7) is 10.3. The zero-order chi connectivity index (χ0) is 61.5. The summed E-state index contributed by atoms with van der Waals surface area (Å²) >= 11 is 25.3. The van der Waals surface area contributed by atoms with Gasteiger partial charge in [-0.15, -0.1) is 0 Å². The molecule has 2 fully saturated rings. The first-order chi connectivity index (χ1) is 41.8. The number of anilines is 2. The Morgan fingerprint density at radius 3 is 1.74 bits per heavy atom. The van der Waals surface area contributed by atoms with Gasteiger partial charge in [-0.3, -0.25) is 19.8 Å². The SMILES string of the molecule is CC(C)CC=O.COC(=O)c1ccc2c(c1)nc1n2CC[C@@H]2N[C@@]3(C(=O)Nc4cc(Cl)ccc43)[C@@H](c3cccc(Cl)c3F)[C@H]12.COC(=O)c1ccc2c(c1)nc1n2CC[C@H]2[C@@H]1[C@H](c1cccc(Cl)c1F)[C@]1(C(=O)Nc3cc(Cl)ccc31)N2CCC(C)C. The standard InChI is InChI=1S/C33H31Cl2FN4O3.C28H21Cl2FN4O3.C5H10O/c1-17(2)11-14-40-26-12-13-39-25-10-7-18(31(41)43-3)15-24(25)37-30(39)27(26)28(20-5-4-6-22(35)29(20)36)33(40)21-9-8-19(34)16-23(21)38-32(33)42;1-38-26(36)13-5-8-21-20(11-13)32-25-22-18(9-10-35(21)25)34-28(23(22)15-3-2-4-17(30)24(15)31)16-7-6-14(29)12-19(16)33-27(28)37;1-5(2)3-4-6/h4-10,15-17,26-28H,11-14H2,1-3H3,(H,38,42);2-8,11-12,18,22-23,34H,9-10H2,1H3,(H,33,37);4-5H,3H2,1-2H3/t26-,27+,28-,33+;18-,22+,23-,28+;/m00./s1. The fraction of sp³-hybridized carbons (Fsp3) is 0.348. The maximum atomic E-state index is 16.2. The topological polar surface area (TPSA) is 179 Å². The first-order valence-corrected chi connectivity index (χ1v) is 30.5. The molecule has 8 atom stereocenters. The molecule has 8 aromatic rings. The van der Waals surface area contributed by atoms with Gasteiger partial charge >= 0.3 is 11.9 Å². The van der Waals surface area contributed by atoms with Crippen molar-refractivity contribution < 1.29 is 42.2 Å². The van der Waals surface area contributed by atoms with Gasteiger partial charge in [0.15, 0.2) is 0 Å². The third kappa shape index (κ3) is 9.78. The molecule has 6 aliphatic heterocycles. The van der Waals surface area contributed by atoms with Crippen molar-refractivity contribution in [1.82, 2.24) is 29.3 Å². The van der Waals surface area contributed by atoms with Gasteiger partial charge in [-0.25, -0.2) is 28.3 Å². The minimum atomic E-state index is -1.26. The highest BCUT2D eigenvalue weighted by Gasteiger charge is 2.69. The van der Waals surface area contributed by atoms with Crippen LogP contribution in [-0.2, 0) is 48.0 Å². The van der Waals surface area contributed by atoms with Gasteiger partial charge in [-0.2, -0.15) is 0 Å². The second-order valence-electron chi connectivity index (χ2n) is 23.9. The van der Waals surface area contributed by atoms with Gasteiger partial charge in [-0.1, -0.05) is 110 Å². The average Bonchev–Trinajstić information content (AvgIpc) is 1.53. The predicted molar refractivity (Wildman–Crippen MR) is 331 cm³/mol. The Morgan fingerprint density at radius 2 is 1.20 bits per heavy atom. The molecule has 0 radical (unpaired) electrons. The van der Waals surface area contributed by atoms with Crippen LogP contribution in [0, 0.1) is 23.5 Å². The number of aryl methyl sites for hydroxylation is 2. The lowest BCUT2D eigenvalue weighted by molar-refractivity contribution is -0.128. The number of nitrogens with zero attached hydrogens (tertiary/aromatic N) is 5. The largest absolute Gasteiger partial charge is 0.465 e. The highest BCUT2D eigenvalue weighted by molar-refractivity contribution is 6.32. The number of benzene rings is 6. The van der Waals surface area contributed by atoms with Crippen molar-refractivity contribution in [3.63, 3.8) is 0 Å². The summed E-state index contributed by atoms with van der Waals surface area (Å²) in [4.78, 5) is 74.9. The third-order valence-corrected chi connectivity index (χ3v) is 19.3. The van der Waals surface area contributed by atoms with E-state index in [0.717, 1.165) is 47.4 Å². The van der Waals surface area contributed by atoms with Crippen LogP contribution >= 0.6 is 46.4 Å². The molecule has 87 heavy (non-hydrogen) atoms. The van der Waals surface area contributed by atoms with Crippen molar-refractivity contribution in [3.05, 3.63) is 186 Å². The summed E-state index contributed by atoms with van der Waals surface area (Å²) in [5, 5.41) is 10.7. The van der Waals surface area contributed by atoms with Crippen molar-refractivity contribution >= 4 is 110 Å². The molecule has 14 rings (SSSR count). The molecule has 2 saturated heterocycles. The molecule has 15 nitrogen and oxygen atoms in total. The lowest BCUT2D eigenvalue weighted by Crippen LogP contribution is -2.52. The molecule has 0 unspecified atom stereocenters. The molecule has 450 valence electrons. The molecule has 6 aromatic carbocycles. The number of halogens is 6. The molecule has 2 amide bonds. The van der Waals surface area contributed by atoms with Crippen LogP contribution in [0.1, 0.15) is 132 Å². The number of aromatic nitrogens is 4. The van der Waals surface area contributed by atoms with Crippen LogP contribution < -0.4 is 16.0 Å². The van der Waals surface area contributed by atoms with Crippen LogP contribution in [0.2, 0.25) is 20.1 Å². The molecular weight excluding hydrogens is 1200 g/mol. The summed E-state index contributed by atoms with van der Waals surface area (Å²) in [5.74, 6) is -2.09. The Hall–Kier alpha value is -7.25. The Kier molecular flexibility index (Phi) is 16.1. The van der Waals surface area contributed by atoms with E-state index < -0.39 is 46.5 Å². The van der Waals surface area contributed by atoms with Crippen LogP contribution in [-0.4, -0.2) is 86.9 Å². The number of hydrogen-bond acceptors (Lipinski definition) is 11. The number of carbonyl (C=O) groups is 5. The van der Waals surface area contributed by atoms with Crippen molar-refractivity contribution in [3.8, 4) is 0 Å². The van der Waals surface area contributed by atoms with Crippen LogP contribution in [0.3, 0.4) is 0 Å². The second kappa shape index (κ2) is 23.4. The number of methoxy groups -OCH3 is 2. The number of amides is 2. The van der Waals surface area contributed by atoms with E-state index in [4.69, 9.17) is 65.8 Å². The highest BCUT2D eigenvalue weighted by atomic mass is 35.5. The number of aldehydes is 1. The Bertz CT molecular complexity index is 4140. The van der Waals surface area contributed by atoms with E-state index in [1.807, 2.05) is 38.1 Å². The first kappa shape index (κ1) is 60.1. The van der Waals surface area contributed by atoms with Crippen LogP contribution in [0.25, 0.3) is 22.1 Å². The molecule has 0 aliphatic carbocycles. The fourth-order valence-electron chi connectivity index (χ4n) is 14.6. The number of rotatable bonds is 9. The summed E-state index contributed by atoms with van der Waals surface area (Å²) in [7, 11) is 2.68. The van der Waals surface area contributed by atoms with E-state index in [2.05, 4.69) is 43.8 Å². The zero-order valence-electron chi connectivity index (χ0n) is 48.4. The number of fused-ring (bicyclic) bond motifs is 14. The van der Waals surface area contributed by atoms with E-state index in [1.54, 1.807) is 72.8 Å². The fourth-order valence-corrected chi connectivity index (χ4v) is 15.3. The second-order valence-corrected chi connectivity index (χ2v) is 25.5. The first-order valence-electron chi connectivity index (χ1n) is 29.0. The van der Waals surface area contributed by atoms with Crippen molar-refractivity contribution in [2.24, 2.45) is 11.8 Å². The van der Waals surface area contributed by atoms with Gasteiger partial charge in [0.1, 0.15) is 40.6 Å². The lowest BCUT2D eigenvalue weighted by atomic mass is 9.70. The van der Waals surface area contributed by atoms with E-state index in [-0.39, 0.29) is 45.8 Å². The smallest absolute Gasteiger partial charge is 0.337 e. The molecule has 0 saturated carbocycles. The van der Waals surface area contributed by atoms with Gasteiger partial charge in [0.25, 0.3) is 0 Å². The van der Waals surface area contributed by atoms with E-state index in [1.165, 1.54) is 26.4 Å². The minimum absolute atomic E-state index is 0.00611. The molecule has 21 heteroatoms. The van der Waals surface area contributed by atoms with Crippen LogP contribution in [0.5, 0.6) is 0 Å². The normalized spacial score (nSPS) is 23.7. The van der Waals surface area contributed by atoms with Crippen molar-refractivity contribution in [1.29, 1.82) is 0 Å². The van der Waals surface area contributed by atoms with Crippen LogP contribution in [0.4, 0.5) is 20.2 Å². The lowest BCUT2D eigenvalue weighted by Gasteiger charge is -2.40. The number of imidazole rings is 2. The minimum Gasteiger partial charge on any atom is -0.465 e. The maximum absolute atomic E-state index is 16.2. The monoisotopic (exact) mass is 1260 g/mol. The molecule has 2 spiro atoms. The number of likely N-dealkylation sites (tertiary alicyclic amines) is 1. The van der Waals surface area contributed by atoms with Gasteiger partial charge < -0.3 is 34.0 Å². The van der Waals surface area contributed by atoms with Crippen molar-refractivity contribution in [2.45, 2.75) is 113 Å². The van der Waals surface area contributed by atoms with E-state index >= 15 is 8.78 Å². The van der Waals surface area contributed by atoms with E-state index in [0.29, 0.717) is 105 Å². The van der Waals surface area contributed by atoms with Gasteiger partial charge in [-0.05, 0) is 115 Å². The zero-order valence-corrected chi connectivity index (χ0v) is 51.4. The summed E-state index contributed by atoms with van der Waals surface area (Å²) in [6, 6.07) is 31.0. The molecule has 2 aromatic heterocycles. The number of ether oxygens (including phenoxy) is 2. The van der Waals surface area contributed by atoms with Gasteiger partial charge in [0.2, 0.25) is 11.8 Å². The Labute approximate surface area is 521 Å². The molecule has 6 aliphatic rings.